The van der Waals surface area contributed by atoms with E-state index in [-0.39, 0.29) is 0 Å². The Balaban J connectivity index is 1.70. The number of rotatable bonds is 2. The summed E-state index contributed by atoms with van der Waals surface area (Å²) < 4.78 is 0. The van der Waals surface area contributed by atoms with Gasteiger partial charge >= 0.3 is 0 Å². The van der Waals surface area contributed by atoms with Crippen LogP contribution in [-0.4, -0.2) is 33.3 Å². The van der Waals surface area contributed by atoms with Gasteiger partial charge in [-0.25, -0.2) is 9.97 Å². The Bertz CT molecular complexity index is 863. The van der Waals surface area contributed by atoms with E-state index in [1.165, 1.54) is 29.7 Å². The molecule has 0 amide bonds. The van der Waals surface area contributed by atoms with Gasteiger partial charge < -0.3 is 4.90 Å². The van der Waals surface area contributed by atoms with Crippen molar-refractivity contribution in [3.8, 4) is 11.3 Å². The van der Waals surface area contributed by atoms with Crippen LogP contribution in [0.1, 0.15) is 24.1 Å². The summed E-state index contributed by atoms with van der Waals surface area (Å²) in [7, 11) is 0. The average Bonchev–Trinajstić information content (AvgIpc) is 3.12. The molecule has 1 fully saturated rings. The van der Waals surface area contributed by atoms with Gasteiger partial charge in [0.05, 0.1) is 17.4 Å². The van der Waals surface area contributed by atoms with E-state index in [0.29, 0.717) is 0 Å². The maximum absolute atomic E-state index is 4.91. The third-order valence-electron chi connectivity index (χ3n) is 4.77. The third-order valence-corrected chi connectivity index (χ3v) is 4.77. The molecule has 0 atom stereocenters. The van der Waals surface area contributed by atoms with Crippen LogP contribution >= 0.6 is 0 Å². The molecule has 1 aliphatic carbocycles. The van der Waals surface area contributed by atoms with Crippen LogP contribution in [0.5, 0.6) is 0 Å². The van der Waals surface area contributed by atoms with Crippen LogP contribution in [0.3, 0.4) is 0 Å². The van der Waals surface area contributed by atoms with Crippen molar-refractivity contribution < 1.29 is 0 Å². The van der Waals surface area contributed by atoms with E-state index in [2.05, 4.69) is 33.3 Å². The number of benzene rings is 1. The molecule has 0 bridgehead atoms. The van der Waals surface area contributed by atoms with E-state index in [1.807, 2.05) is 6.20 Å². The van der Waals surface area contributed by atoms with Gasteiger partial charge in [-0.3, -0.25) is 5.10 Å². The average molecular weight is 291 g/mol. The number of aryl methyl sites for hydroxylation is 1. The first kappa shape index (κ1) is 12.1. The first-order valence-corrected chi connectivity index (χ1v) is 7.97. The zero-order valence-corrected chi connectivity index (χ0v) is 12.3. The maximum Gasteiger partial charge on any atom is 0.226 e. The molecule has 5 nitrogen and oxygen atoms in total. The lowest BCUT2D eigenvalue weighted by molar-refractivity contribution is 0.599. The molecular weight excluding hydrogens is 274 g/mol. The van der Waals surface area contributed by atoms with Crippen molar-refractivity contribution in [1.29, 1.82) is 0 Å². The molecule has 1 aromatic carbocycles. The van der Waals surface area contributed by atoms with Gasteiger partial charge in [-0.05, 0) is 37.8 Å². The van der Waals surface area contributed by atoms with Crippen molar-refractivity contribution in [2.45, 2.75) is 25.7 Å². The minimum absolute atomic E-state index is 0.911. The lowest BCUT2D eigenvalue weighted by Gasteiger charge is -2.31. The van der Waals surface area contributed by atoms with Gasteiger partial charge in [0.2, 0.25) is 5.95 Å². The van der Waals surface area contributed by atoms with Crippen molar-refractivity contribution >= 4 is 16.9 Å². The van der Waals surface area contributed by atoms with Gasteiger partial charge in [-0.2, -0.15) is 5.10 Å². The summed E-state index contributed by atoms with van der Waals surface area (Å²) in [4.78, 5) is 12.0. The minimum atomic E-state index is 0.911. The summed E-state index contributed by atoms with van der Waals surface area (Å²) in [5.41, 5.74) is 5.95. The second kappa shape index (κ2) is 4.53. The second-order valence-corrected chi connectivity index (χ2v) is 6.16. The molecule has 1 aliphatic heterocycles. The Morgan fingerprint density at radius 2 is 2.00 bits per heavy atom. The molecule has 0 unspecified atom stereocenters. The highest BCUT2D eigenvalue weighted by molar-refractivity contribution is 5.84. The number of nitrogens with zero attached hydrogens (tertiary/aromatic N) is 4. The first-order valence-electron chi connectivity index (χ1n) is 7.97. The summed E-state index contributed by atoms with van der Waals surface area (Å²) in [5.74, 6) is 0.911. The predicted molar refractivity (Wildman–Crippen MR) is 86.0 cm³/mol. The molecule has 0 radical (unpaired) electrons. The number of fused-ring (bicyclic) bond motifs is 2. The normalized spacial score (nSPS) is 16.8. The van der Waals surface area contributed by atoms with Gasteiger partial charge in [-0.15, -0.1) is 0 Å². The Morgan fingerprint density at radius 1 is 1.05 bits per heavy atom. The Hall–Kier alpha value is -2.43. The zero-order valence-electron chi connectivity index (χ0n) is 12.3. The number of hydrogen-bond donors (Lipinski definition) is 1. The molecule has 0 spiro atoms. The highest BCUT2D eigenvalue weighted by atomic mass is 15.3. The van der Waals surface area contributed by atoms with Gasteiger partial charge in [0, 0.05) is 35.3 Å². The maximum atomic E-state index is 4.91. The van der Waals surface area contributed by atoms with Gasteiger partial charge in [0.25, 0.3) is 0 Å². The van der Waals surface area contributed by atoms with E-state index in [0.717, 1.165) is 48.5 Å². The number of H-pyrrole nitrogens is 1. The summed E-state index contributed by atoms with van der Waals surface area (Å²) in [6.07, 6.45) is 6.48. The highest BCUT2D eigenvalue weighted by Gasteiger charge is 2.24. The molecule has 3 heterocycles. The molecule has 110 valence electrons. The number of aromatic nitrogens is 4. The monoisotopic (exact) mass is 291 g/mol. The van der Waals surface area contributed by atoms with Crippen molar-refractivity contribution in [2.75, 3.05) is 18.0 Å². The van der Waals surface area contributed by atoms with Crippen LogP contribution in [0.2, 0.25) is 0 Å². The molecule has 22 heavy (non-hydrogen) atoms. The van der Waals surface area contributed by atoms with Crippen molar-refractivity contribution in [3.05, 3.63) is 35.7 Å². The molecule has 2 aromatic heterocycles. The third kappa shape index (κ3) is 1.75. The van der Waals surface area contributed by atoms with E-state index in [9.17, 15) is 0 Å². The minimum Gasteiger partial charge on any atom is -0.341 e. The van der Waals surface area contributed by atoms with Gasteiger partial charge in [0.15, 0.2) is 0 Å². The molecular formula is C17H17N5. The van der Waals surface area contributed by atoms with Crippen LogP contribution in [0.15, 0.2) is 24.4 Å². The largest absolute Gasteiger partial charge is 0.341 e. The Morgan fingerprint density at radius 3 is 2.86 bits per heavy atom. The van der Waals surface area contributed by atoms with Crippen LogP contribution in [0.25, 0.3) is 22.2 Å². The fraction of sp³-hybridized carbons (Fsp3) is 0.353. The molecule has 1 N–H and O–H groups in total. The Kier molecular flexibility index (Phi) is 2.50. The highest BCUT2D eigenvalue weighted by Crippen LogP contribution is 2.33. The van der Waals surface area contributed by atoms with E-state index < -0.39 is 0 Å². The van der Waals surface area contributed by atoms with Crippen LogP contribution in [0.4, 0.5) is 5.95 Å². The standard InChI is InChI=1S/C17H17N5/c1-3-13-15(4-1)19-17(22-7-2-8-22)20-16(13)11-5-6-14-12(9-11)10-18-21-14/h5-6,9-10H,1-4,7-8H2,(H,18,21). The molecule has 2 aliphatic rings. The summed E-state index contributed by atoms with van der Waals surface area (Å²) >= 11 is 0. The van der Waals surface area contributed by atoms with Crippen molar-refractivity contribution in [3.63, 3.8) is 0 Å². The molecule has 3 aromatic rings. The number of anilines is 1. The fourth-order valence-corrected chi connectivity index (χ4v) is 3.41. The topological polar surface area (TPSA) is 57.7 Å². The van der Waals surface area contributed by atoms with E-state index >= 15 is 0 Å². The number of nitrogens with one attached hydrogen (secondary N) is 1. The van der Waals surface area contributed by atoms with Gasteiger partial charge in [0.1, 0.15) is 0 Å². The summed E-state index contributed by atoms with van der Waals surface area (Å²) in [6, 6.07) is 6.41. The number of aromatic amines is 1. The van der Waals surface area contributed by atoms with Crippen LogP contribution < -0.4 is 4.90 Å². The molecule has 5 heteroatoms. The second-order valence-electron chi connectivity index (χ2n) is 6.16. The first-order chi connectivity index (χ1) is 10.9. The lowest BCUT2D eigenvalue weighted by Crippen LogP contribution is -2.38. The zero-order chi connectivity index (χ0) is 14.5. The smallest absolute Gasteiger partial charge is 0.226 e. The quantitative estimate of drug-likeness (QED) is 0.788. The fourth-order valence-electron chi connectivity index (χ4n) is 3.41. The lowest BCUT2D eigenvalue weighted by atomic mass is 10.0. The SMILES string of the molecule is c1cc2[nH]ncc2cc1-c1nc(N2CCC2)nc2c1CCC2. The Labute approximate surface area is 128 Å². The molecule has 0 saturated carbocycles. The van der Waals surface area contributed by atoms with Crippen molar-refractivity contribution in [1.82, 2.24) is 20.2 Å². The number of hydrogen-bond acceptors (Lipinski definition) is 4. The predicted octanol–water partition coefficient (Wildman–Crippen LogP) is 2.72. The van der Waals surface area contributed by atoms with Gasteiger partial charge in [-0.1, -0.05) is 6.07 Å². The van der Waals surface area contributed by atoms with Crippen LogP contribution in [-0.2, 0) is 12.8 Å². The molecule has 1 saturated heterocycles. The van der Waals surface area contributed by atoms with Crippen LogP contribution in [0, 0.1) is 0 Å². The summed E-state index contributed by atoms with van der Waals surface area (Å²) in [5, 5.41) is 8.25. The summed E-state index contributed by atoms with van der Waals surface area (Å²) in [6.45, 7) is 2.16. The van der Waals surface area contributed by atoms with Crippen molar-refractivity contribution in [2.24, 2.45) is 0 Å². The van der Waals surface area contributed by atoms with E-state index in [4.69, 9.17) is 9.97 Å². The molecule has 5 rings (SSSR count). The van der Waals surface area contributed by atoms with E-state index in [1.54, 1.807) is 0 Å².